The highest BCUT2D eigenvalue weighted by molar-refractivity contribution is 5.99. The Morgan fingerprint density at radius 3 is 2.81 bits per heavy atom. The zero-order valence-electron chi connectivity index (χ0n) is 16.5. The second-order valence-corrected chi connectivity index (χ2v) is 7.75. The van der Waals surface area contributed by atoms with E-state index in [0.717, 1.165) is 36.3 Å². The topological polar surface area (TPSA) is 76.5 Å². The summed E-state index contributed by atoms with van der Waals surface area (Å²) in [5.41, 5.74) is 1.43. The first-order chi connectivity index (χ1) is 13.0. The molecule has 1 aromatic heterocycles. The van der Waals surface area contributed by atoms with Crippen molar-refractivity contribution in [2.75, 3.05) is 18.4 Å². The Kier molecular flexibility index (Phi) is 4.37. The summed E-state index contributed by atoms with van der Waals surface area (Å²) in [4.78, 5) is 28.1. The molecule has 3 aliphatic heterocycles. The lowest BCUT2D eigenvalue weighted by molar-refractivity contribution is -0.135. The van der Waals surface area contributed by atoms with Gasteiger partial charge in [0.05, 0.1) is 30.2 Å². The van der Waals surface area contributed by atoms with Gasteiger partial charge in [-0.05, 0) is 19.3 Å². The molecule has 2 fully saturated rings. The van der Waals surface area contributed by atoms with Crippen molar-refractivity contribution in [1.82, 2.24) is 14.7 Å². The molecule has 1 N–H and O–H groups in total. The molecule has 27 heavy (non-hydrogen) atoms. The van der Waals surface area contributed by atoms with Gasteiger partial charge in [0.1, 0.15) is 11.4 Å². The maximum atomic E-state index is 13.2. The molecule has 2 amide bonds. The highest BCUT2D eigenvalue weighted by Crippen LogP contribution is 2.52. The number of amides is 2. The molecule has 0 unspecified atom stereocenters. The van der Waals surface area contributed by atoms with Crippen LogP contribution in [-0.4, -0.2) is 51.3 Å². The molecule has 2 bridgehead atoms. The summed E-state index contributed by atoms with van der Waals surface area (Å²) >= 11 is 0. The van der Waals surface area contributed by atoms with Crippen molar-refractivity contribution in [1.29, 1.82) is 0 Å². The summed E-state index contributed by atoms with van der Waals surface area (Å²) in [6.07, 6.45) is 6.13. The predicted octanol–water partition coefficient (Wildman–Crippen LogP) is 1.68. The van der Waals surface area contributed by atoms with E-state index in [1.165, 1.54) is 0 Å². The minimum Gasteiger partial charge on any atom is -0.360 e. The van der Waals surface area contributed by atoms with Crippen molar-refractivity contribution >= 4 is 17.6 Å². The monoisotopic (exact) mass is 372 g/mol. The molecule has 0 saturated carbocycles. The van der Waals surface area contributed by atoms with Gasteiger partial charge in [0.25, 0.3) is 0 Å². The van der Waals surface area contributed by atoms with Gasteiger partial charge in [-0.15, -0.1) is 0 Å². The van der Waals surface area contributed by atoms with Crippen LogP contribution in [0.1, 0.15) is 38.4 Å². The van der Waals surface area contributed by atoms with Gasteiger partial charge in [-0.2, -0.15) is 5.10 Å². The molecule has 1 aromatic rings. The third kappa shape index (κ3) is 2.55. The minimum atomic E-state index is -0.631. The smallest absolute Gasteiger partial charge is 0.232 e. The Morgan fingerprint density at radius 1 is 1.37 bits per heavy atom. The Balaban J connectivity index is 1.61. The van der Waals surface area contributed by atoms with Crippen molar-refractivity contribution in [3.05, 3.63) is 23.4 Å². The Morgan fingerprint density at radius 2 is 2.15 bits per heavy atom. The first-order valence-corrected chi connectivity index (χ1v) is 9.97. The number of likely N-dealkylation sites (tertiary alicyclic amines) is 1. The second-order valence-electron chi connectivity index (χ2n) is 7.75. The van der Waals surface area contributed by atoms with Gasteiger partial charge >= 0.3 is 0 Å². The molecule has 146 valence electrons. The van der Waals surface area contributed by atoms with Crippen LogP contribution < -0.4 is 5.32 Å². The SMILES string of the molecule is CCCN1C[C@]23C=C[C@H](O2)[C@H](C(=O)Nc2c(CC)c(CC)nn2C)[C@@H]3C1=O. The zero-order valence-corrected chi connectivity index (χ0v) is 16.5. The molecule has 0 aromatic carbocycles. The van der Waals surface area contributed by atoms with Crippen molar-refractivity contribution in [2.45, 2.75) is 51.7 Å². The molecule has 0 radical (unpaired) electrons. The Labute approximate surface area is 159 Å². The largest absolute Gasteiger partial charge is 0.360 e. The number of carbonyl (C=O) groups is 2. The molecular weight excluding hydrogens is 344 g/mol. The van der Waals surface area contributed by atoms with Gasteiger partial charge in [0.15, 0.2) is 0 Å². The molecule has 4 atom stereocenters. The molecule has 4 rings (SSSR count). The maximum absolute atomic E-state index is 13.2. The lowest BCUT2D eigenvalue weighted by Gasteiger charge is -2.23. The second kappa shape index (κ2) is 6.48. The summed E-state index contributed by atoms with van der Waals surface area (Å²) in [6.45, 7) is 7.43. The number of aromatic nitrogens is 2. The minimum absolute atomic E-state index is 0.0406. The number of rotatable bonds is 6. The van der Waals surface area contributed by atoms with Crippen molar-refractivity contribution in [3.63, 3.8) is 0 Å². The van der Waals surface area contributed by atoms with E-state index >= 15 is 0 Å². The first-order valence-electron chi connectivity index (χ1n) is 9.97. The van der Waals surface area contributed by atoms with Crippen LogP contribution in [0.3, 0.4) is 0 Å². The quantitative estimate of drug-likeness (QED) is 0.771. The summed E-state index contributed by atoms with van der Waals surface area (Å²) < 4.78 is 7.89. The lowest BCUT2D eigenvalue weighted by Crippen LogP contribution is -2.41. The highest BCUT2D eigenvalue weighted by Gasteiger charge is 2.66. The molecule has 1 spiro atoms. The number of hydrogen-bond acceptors (Lipinski definition) is 4. The molecule has 4 heterocycles. The number of anilines is 1. The number of carbonyl (C=O) groups excluding carboxylic acids is 2. The summed E-state index contributed by atoms with van der Waals surface area (Å²) in [7, 11) is 1.84. The third-order valence-corrected chi connectivity index (χ3v) is 6.13. The average Bonchev–Trinajstić information content (AvgIpc) is 3.35. The van der Waals surface area contributed by atoms with E-state index in [2.05, 4.69) is 31.2 Å². The van der Waals surface area contributed by atoms with Crippen LogP contribution in [0.5, 0.6) is 0 Å². The number of nitrogens with zero attached hydrogens (tertiary/aromatic N) is 3. The third-order valence-electron chi connectivity index (χ3n) is 6.13. The van der Waals surface area contributed by atoms with E-state index < -0.39 is 17.4 Å². The summed E-state index contributed by atoms with van der Waals surface area (Å²) in [5, 5.41) is 7.59. The van der Waals surface area contributed by atoms with Crippen LogP contribution in [0.2, 0.25) is 0 Å². The fraction of sp³-hybridized carbons (Fsp3) is 0.650. The number of nitrogens with one attached hydrogen (secondary N) is 1. The van der Waals surface area contributed by atoms with Crippen LogP contribution in [0.25, 0.3) is 0 Å². The van der Waals surface area contributed by atoms with E-state index in [1.54, 1.807) is 4.68 Å². The highest BCUT2D eigenvalue weighted by atomic mass is 16.5. The maximum Gasteiger partial charge on any atom is 0.232 e. The fourth-order valence-electron chi connectivity index (χ4n) is 4.97. The van der Waals surface area contributed by atoms with E-state index in [9.17, 15) is 9.59 Å². The van der Waals surface area contributed by atoms with Crippen molar-refractivity contribution in [3.8, 4) is 0 Å². The van der Waals surface area contributed by atoms with E-state index in [1.807, 2.05) is 24.1 Å². The number of ether oxygens (including phenoxy) is 1. The molecule has 7 nitrogen and oxygen atoms in total. The first kappa shape index (κ1) is 18.2. The Hall–Kier alpha value is -2.15. The van der Waals surface area contributed by atoms with Crippen LogP contribution in [0.15, 0.2) is 12.2 Å². The van der Waals surface area contributed by atoms with Gasteiger partial charge in [-0.3, -0.25) is 14.3 Å². The van der Waals surface area contributed by atoms with Crippen LogP contribution in [0, 0.1) is 11.8 Å². The molecular formula is C20H28N4O3. The molecule has 7 heteroatoms. The summed E-state index contributed by atoms with van der Waals surface area (Å²) in [5.74, 6) is -0.296. The van der Waals surface area contributed by atoms with Crippen LogP contribution in [0.4, 0.5) is 5.82 Å². The Bertz CT molecular complexity index is 814. The van der Waals surface area contributed by atoms with Gasteiger partial charge in [-0.1, -0.05) is 32.9 Å². The van der Waals surface area contributed by atoms with E-state index in [4.69, 9.17) is 4.74 Å². The predicted molar refractivity (Wildman–Crippen MR) is 101 cm³/mol. The summed E-state index contributed by atoms with van der Waals surface area (Å²) in [6, 6.07) is 0. The van der Waals surface area contributed by atoms with Crippen molar-refractivity contribution in [2.24, 2.45) is 18.9 Å². The lowest BCUT2D eigenvalue weighted by atomic mass is 9.77. The number of hydrogen-bond donors (Lipinski definition) is 1. The zero-order chi connectivity index (χ0) is 19.3. The molecule has 2 saturated heterocycles. The standard InChI is InChI=1S/C20H28N4O3/c1-5-10-24-11-20-9-8-14(27-20)15(16(20)19(24)26)18(25)21-17-12(6-2)13(7-3)22-23(17)4/h8-9,14-16H,5-7,10-11H2,1-4H3,(H,21,25)/t14-,15-,16+,20-/m0/s1. The van der Waals surface area contributed by atoms with Gasteiger partial charge in [0, 0.05) is 19.2 Å². The molecule has 0 aliphatic carbocycles. The van der Waals surface area contributed by atoms with Gasteiger partial charge in [0.2, 0.25) is 11.8 Å². The average molecular weight is 372 g/mol. The van der Waals surface area contributed by atoms with Gasteiger partial charge < -0.3 is 15.0 Å². The van der Waals surface area contributed by atoms with Crippen LogP contribution in [-0.2, 0) is 34.2 Å². The molecule has 3 aliphatic rings. The van der Waals surface area contributed by atoms with Gasteiger partial charge in [-0.25, -0.2) is 0 Å². The van der Waals surface area contributed by atoms with Crippen LogP contribution >= 0.6 is 0 Å². The van der Waals surface area contributed by atoms with E-state index in [0.29, 0.717) is 13.1 Å². The van der Waals surface area contributed by atoms with E-state index in [-0.39, 0.29) is 17.9 Å². The number of aryl methyl sites for hydroxylation is 2. The fourth-order valence-corrected chi connectivity index (χ4v) is 4.97. The number of fused-ring (bicyclic) bond motifs is 1. The normalized spacial score (nSPS) is 31.0. The van der Waals surface area contributed by atoms with Crippen molar-refractivity contribution < 1.29 is 14.3 Å².